The van der Waals surface area contributed by atoms with Gasteiger partial charge in [0.05, 0.1) is 0 Å². The first kappa shape index (κ1) is 13.1. The zero-order chi connectivity index (χ0) is 14.2. The molecule has 5 nitrogen and oxygen atoms in total. The molecule has 0 unspecified atom stereocenters. The molecular formula is C14H15N3O2S. The minimum absolute atomic E-state index is 0.229. The Balaban J connectivity index is 1.95. The van der Waals surface area contributed by atoms with Crippen LogP contribution in [-0.4, -0.2) is 24.3 Å². The first-order chi connectivity index (χ1) is 9.59. The molecule has 20 heavy (non-hydrogen) atoms. The monoisotopic (exact) mass is 289 g/mol. The molecule has 2 N–H and O–H groups in total. The zero-order valence-corrected chi connectivity index (χ0v) is 11.7. The van der Waals surface area contributed by atoms with Crippen molar-refractivity contribution in [2.75, 3.05) is 12.3 Å². The normalized spacial score (nSPS) is 15.8. The van der Waals surface area contributed by atoms with Crippen LogP contribution in [0.2, 0.25) is 0 Å². The first-order valence-corrected chi connectivity index (χ1v) is 7.79. The summed E-state index contributed by atoms with van der Waals surface area (Å²) >= 11 is 0. The molecule has 0 atom stereocenters. The van der Waals surface area contributed by atoms with Gasteiger partial charge in [0.2, 0.25) is 10.0 Å². The van der Waals surface area contributed by atoms with Crippen molar-refractivity contribution < 1.29 is 8.42 Å². The van der Waals surface area contributed by atoms with Gasteiger partial charge in [-0.3, -0.25) is 4.98 Å². The number of anilines is 1. The maximum atomic E-state index is 12.5. The van der Waals surface area contributed by atoms with Crippen LogP contribution >= 0.6 is 0 Å². The predicted octanol–water partition coefficient (Wildman–Crippen LogP) is 1.41. The Morgan fingerprint density at radius 1 is 1.20 bits per heavy atom. The number of aromatic nitrogens is 1. The number of hydrogen-bond acceptors (Lipinski definition) is 4. The van der Waals surface area contributed by atoms with Gasteiger partial charge in [-0.25, -0.2) is 8.42 Å². The zero-order valence-electron chi connectivity index (χ0n) is 10.9. The van der Waals surface area contributed by atoms with Crippen LogP contribution in [0.15, 0.2) is 47.6 Å². The quantitative estimate of drug-likeness (QED) is 0.848. The lowest BCUT2D eigenvalue weighted by atomic mass is 9.99. The molecule has 3 rings (SSSR count). The molecule has 0 amide bonds. The van der Waals surface area contributed by atoms with Gasteiger partial charge in [-0.05, 0) is 35.7 Å². The van der Waals surface area contributed by atoms with Crippen molar-refractivity contribution in [3.05, 3.63) is 53.9 Å². The van der Waals surface area contributed by atoms with Gasteiger partial charge < -0.3 is 5.73 Å². The van der Waals surface area contributed by atoms with Crippen molar-refractivity contribution >= 4 is 15.7 Å². The van der Waals surface area contributed by atoms with E-state index in [9.17, 15) is 8.42 Å². The molecule has 0 saturated heterocycles. The maximum absolute atomic E-state index is 12.5. The van der Waals surface area contributed by atoms with Gasteiger partial charge in [0, 0.05) is 31.2 Å². The summed E-state index contributed by atoms with van der Waals surface area (Å²) in [5.74, 6) is 0. The van der Waals surface area contributed by atoms with E-state index in [4.69, 9.17) is 5.73 Å². The molecule has 0 saturated carbocycles. The lowest BCUT2D eigenvalue weighted by Crippen LogP contribution is -2.36. The number of pyridine rings is 1. The van der Waals surface area contributed by atoms with E-state index in [1.54, 1.807) is 18.3 Å². The molecule has 1 aliphatic heterocycles. The highest BCUT2D eigenvalue weighted by molar-refractivity contribution is 7.89. The van der Waals surface area contributed by atoms with Crippen molar-refractivity contribution in [3.8, 4) is 0 Å². The van der Waals surface area contributed by atoms with Crippen molar-refractivity contribution in [1.29, 1.82) is 0 Å². The van der Waals surface area contributed by atoms with E-state index < -0.39 is 10.0 Å². The Morgan fingerprint density at radius 2 is 2.05 bits per heavy atom. The van der Waals surface area contributed by atoms with Crippen molar-refractivity contribution in [3.63, 3.8) is 0 Å². The molecule has 0 radical (unpaired) electrons. The van der Waals surface area contributed by atoms with Crippen molar-refractivity contribution in [1.82, 2.24) is 9.29 Å². The van der Waals surface area contributed by atoms with Gasteiger partial charge in [-0.1, -0.05) is 12.1 Å². The van der Waals surface area contributed by atoms with E-state index in [1.807, 2.05) is 18.2 Å². The van der Waals surface area contributed by atoms with Crippen molar-refractivity contribution in [2.45, 2.75) is 17.9 Å². The molecule has 6 heteroatoms. The number of nitrogen functional groups attached to an aromatic ring is 1. The van der Waals surface area contributed by atoms with Crippen LogP contribution in [0.3, 0.4) is 0 Å². The van der Waals surface area contributed by atoms with E-state index in [0.29, 0.717) is 19.5 Å². The number of sulfonamides is 1. The lowest BCUT2D eigenvalue weighted by Gasteiger charge is -2.28. The largest absolute Gasteiger partial charge is 0.398 e. The maximum Gasteiger partial charge on any atom is 0.244 e. The molecule has 1 aliphatic rings. The summed E-state index contributed by atoms with van der Waals surface area (Å²) in [6.07, 6.45) is 3.58. The summed E-state index contributed by atoms with van der Waals surface area (Å²) in [7, 11) is -3.49. The minimum atomic E-state index is -3.49. The summed E-state index contributed by atoms with van der Waals surface area (Å²) in [5, 5.41) is 0. The standard InChI is InChI=1S/C14H15N3O2S/c15-14-5-1-3-11-10-17(8-6-13(11)14)20(18,19)12-4-2-7-16-9-12/h1-5,7,9H,6,8,10,15H2. The van der Waals surface area contributed by atoms with Crippen LogP contribution in [0.4, 0.5) is 5.69 Å². The second-order valence-corrected chi connectivity index (χ2v) is 6.70. The van der Waals surface area contributed by atoms with Crippen LogP contribution in [0.25, 0.3) is 0 Å². The smallest absolute Gasteiger partial charge is 0.244 e. The fourth-order valence-corrected chi connectivity index (χ4v) is 3.85. The van der Waals surface area contributed by atoms with E-state index in [0.717, 1.165) is 16.8 Å². The highest BCUT2D eigenvalue weighted by Gasteiger charge is 2.28. The van der Waals surface area contributed by atoms with Crippen LogP contribution in [0.5, 0.6) is 0 Å². The summed E-state index contributed by atoms with van der Waals surface area (Å²) in [4.78, 5) is 4.11. The molecule has 2 heterocycles. The summed E-state index contributed by atoms with van der Waals surface area (Å²) < 4.78 is 26.6. The van der Waals surface area contributed by atoms with Crippen molar-refractivity contribution in [2.24, 2.45) is 0 Å². The molecule has 0 bridgehead atoms. The highest BCUT2D eigenvalue weighted by atomic mass is 32.2. The number of nitrogens with zero attached hydrogens (tertiary/aromatic N) is 2. The molecule has 0 spiro atoms. The molecule has 0 fully saturated rings. The Morgan fingerprint density at radius 3 is 2.80 bits per heavy atom. The molecule has 2 aromatic rings. The van der Waals surface area contributed by atoms with E-state index in [-0.39, 0.29) is 4.90 Å². The Hall–Kier alpha value is -1.92. The fourth-order valence-electron chi connectivity index (χ4n) is 2.47. The minimum Gasteiger partial charge on any atom is -0.398 e. The van der Waals surface area contributed by atoms with Crippen LogP contribution < -0.4 is 5.73 Å². The molecular weight excluding hydrogens is 274 g/mol. The third-order valence-electron chi connectivity index (χ3n) is 3.54. The number of fused-ring (bicyclic) bond motifs is 1. The average molecular weight is 289 g/mol. The SMILES string of the molecule is Nc1cccc2c1CCN(S(=O)(=O)c1cccnc1)C2. The Bertz CT molecular complexity index is 729. The van der Waals surface area contributed by atoms with Crippen LogP contribution in [0, 0.1) is 0 Å². The number of rotatable bonds is 2. The van der Waals surface area contributed by atoms with Gasteiger partial charge in [0.1, 0.15) is 4.90 Å². The first-order valence-electron chi connectivity index (χ1n) is 6.35. The second-order valence-electron chi connectivity index (χ2n) is 4.76. The third-order valence-corrected chi connectivity index (χ3v) is 5.37. The fraction of sp³-hybridized carbons (Fsp3) is 0.214. The second kappa shape index (κ2) is 4.88. The van der Waals surface area contributed by atoms with Crippen LogP contribution in [0.1, 0.15) is 11.1 Å². The molecule has 1 aromatic carbocycles. The van der Waals surface area contributed by atoms with E-state index >= 15 is 0 Å². The number of hydrogen-bond donors (Lipinski definition) is 1. The molecule has 1 aromatic heterocycles. The van der Waals surface area contributed by atoms with Gasteiger partial charge in [-0.15, -0.1) is 0 Å². The number of benzene rings is 1. The number of nitrogens with two attached hydrogens (primary N) is 1. The van der Waals surface area contributed by atoms with Crippen LogP contribution in [-0.2, 0) is 23.0 Å². The predicted molar refractivity (Wildman–Crippen MR) is 76.4 cm³/mol. The molecule has 0 aliphatic carbocycles. The summed E-state index contributed by atoms with van der Waals surface area (Å²) in [5.41, 5.74) is 8.70. The summed E-state index contributed by atoms with van der Waals surface area (Å²) in [6.45, 7) is 0.802. The third kappa shape index (κ3) is 2.17. The van der Waals surface area contributed by atoms with E-state index in [1.165, 1.54) is 10.5 Å². The summed E-state index contributed by atoms with van der Waals surface area (Å²) in [6, 6.07) is 8.83. The van der Waals surface area contributed by atoms with E-state index in [2.05, 4.69) is 4.98 Å². The van der Waals surface area contributed by atoms with Gasteiger partial charge in [-0.2, -0.15) is 4.31 Å². The topological polar surface area (TPSA) is 76.3 Å². The Kier molecular flexibility index (Phi) is 3.19. The van der Waals surface area contributed by atoms with Gasteiger partial charge in [0.25, 0.3) is 0 Å². The molecule has 104 valence electrons. The Labute approximate surface area is 118 Å². The van der Waals surface area contributed by atoms with Gasteiger partial charge >= 0.3 is 0 Å². The van der Waals surface area contributed by atoms with Gasteiger partial charge in [0.15, 0.2) is 0 Å². The lowest BCUT2D eigenvalue weighted by molar-refractivity contribution is 0.391. The average Bonchev–Trinajstić information content (AvgIpc) is 2.48. The highest BCUT2D eigenvalue weighted by Crippen LogP contribution is 2.27.